The van der Waals surface area contributed by atoms with Crippen LogP contribution in [0.25, 0.3) is 21.8 Å². The molecule has 0 spiro atoms. The number of anilines is 1. The molecule has 0 saturated heterocycles. The molecule has 3 rings (SSSR count). The summed E-state index contributed by atoms with van der Waals surface area (Å²) in [5, 5.41) is 3.12. The smallest absolute Gasteiger partial charge is 0.413 e. The molecule has 2 heterocycles. The number of aryl methyl sites for hydroxylation is 1. The first kappa shape index (κ1) is 18.0. The quantitative estimate of drug-likeness (QED) is 0.710. The van der Waals surface area contributed by atoms with E-state index in [-0.39, 0.29) is 0 Å². The van der Waals surface area contributed by atoms with E-state index >= 15 is 0 Å². The number of carbonyl (C=O) groups is 1. The van der Waals surface area contributed by atoms with E-state index in [9.17, 15) is 4.79 Å². The molecular formula is C19H20N4O2S. The summed E-state index contributed by atoms with van der Waals surface area (Å²) in [5.74, 6) is 0.677. The van der Waals surface area contributed by atoms with E-state index in [0.29, 0.717) is 11.0 Å². The Balaban J connectivity index is 1.83. The number of carbonyl (C=O) groups excluding carboxylic acids is 1. The van der Waals surface area contributed by atoms with Gasteiger partial charge in [-0.1, -0.05) is 41.7 Å². The molecule has 0 aliphatic rings. The van der Waals surface area contributed by atoms with Crippen molar-refractivity contribution in [2.24, 2.45) is 0 Å². The third-order valence-corrected chi connectivity index (χ3v) is 4.21. The topological polar surface area (TPSA) is 77.0 Å². The normalized spacial score (nSPS) is 11.2. The summed E-state index contributed by atoms with van der Waals surface area (Å²) in [4.78, 5) is 26.0. The van der Waals surface area contributed by atoms with E-state index in [2.05, 4.69) is 20.3 Å². The van der Waals surface area contributed by atoms with Crippen molar-refractivity contribution >= 4 is 22.6 Å². The number of thiazole rings is 1. The minimum Gasteiger partial charge on any atom is -0.444 e. The Hall–Kier alpha value is -2.80. The van der Waals surface area contributed by atoms with Crippen LogP contribution in [0.1, 0.15) is 26.6 Å². The van der Waals surface area contributed by atoms with Crippen molar-refractivity contribution in [1.29, 1.82) is 0 Å². The van der Waals surface area contributed by atoms with Crippen LogP contribution in [-0.4, -0.2) is 26.6 Å². The molecule has 1 aromatic carbocycles. The van der Waals surface area contributed by atoms with E-state index in [1.807, 2.05) is 64.1 Å². The van der Waals surface area contributed by atoms with Crippen LogP contribution in [0, 0.1) is 6.92 Å². The van der Waals surface area contributed by atoms with Gasteiger partial charge in [-0.2, -0.15) is 0 Å². The molecular weight excluding hydrogens is 348 g/mol. The van der Waals surface area contributed by atoms with Crippen molar-refractivity contribution in [3.63, 3.8) is 0 Å². The van der Waals surface area contributed by atoms with Gasteiger partial charge in [-0.05, 0) is 33.8 Å². The van der Waals surface area contributed by atoms with Crippen LogP contribution in [0.4, 0.5) is 9.93 Å². The Bertz CT molecular complexity index is 917. The van der Waals surface area contributed by atoms with Crippen LogP contribution in [0.3, 0.4) is 0 Å². The molecule has 1 N–H and O–H groups in total. The number of hydrogen-bond donors (Lipinski definition) is 1. The fourth-order valence-corrected chi connectivity index (χ4v) is 3.05. The van der Waals surface area contributed by atoms with Crippen LogP contribution in [0.15, 0.2) is 42.6 Å². The van der Waals surface area contributed by atoms with E-state index < -0.39 is 11.7 Å². The second-order valence-corrected chi connectivity index (χ2v) is 7.74. The zero-order valence-electron chi connectivity index (χ0n) is 15.1. The van der Waals surface area contributed by atoms with E-state index in [4.69, 9.17) is 4.74 Å². The van der Waals surface area contributed by atoms with E-state index in [0.717, 1.165) is 21.8 Å². The SMILES string of the molecule is Cc1nc(-c2ccccc2)cc(-c2cnc(NC(=O)OC(C)(C)C)s2)n1. The standard InChI is InChI=1S/C19H20N4O2S/c1-12-21-14(13-8-6-5-7-9-13)10-15(22-12)16-11-20-17(26-16)23-18(24)25-19(2,3)4/h5-11H,1-4H3,(H,20,23,24). The molecule has 6 nitrogen and oxygen atoms in total. The summed E-state index contributed by atoms with van der Waals surface area (Å²) in [6, 6.07) is 11.9. The van der Waals surface area contributed by atoms with Gasteiger partial charge in [0.05, 0.1) is 16.3 Å². The third kappa shape index (κ3) is 4.64. The number of nitrogens with one attached hydrogen (secondary N) is 1. The Labute approximate surface area is 156 Å². The highest BCUT2D eigenvalue weighted by atomic mass is 32.1. The molecule has 0 saturated carbocycles. The molecule has 2 aromatic heterocycles. The number of ether oxygens (including phenoxy) is 1. The second kappa shape index (κ2) is 7.21. The van der Waals surface area contributed by atoms with Crippen molar-refractivity contribution in [3.05, 3.63) is 48.4 Å². The average Bonchev–Trinajstić information content (AvgIpc) is 3.01. The number of aromatic nitrogens is 3. The Morgan fingerprint density at radius 3 is 2.50 bits per heavy atom. The van der Waals surface area contributed by atoms with Crippen molar-refractivity contribution in [2.45, 2.75) is 33.3 Å². The third-order valence-electron chi connectivity index (χ3n) is 3.27. The predicted octanol–water partition coefficient (Wildman–Crippen LogP) is 4.92. The van der Waals surface area contributed by atoms with Gasteiger partial charge < -0.3 is 4.74 Å². The molecule has 0 radical (unpaired) electrons. The second-order valence-electron chi connectivity index (χ2n) is 6.71. The first-order chi connectivity index (χ1) is 12.3. The van der Waals surface area contributed by atoms with Gasteiger partial charge in [0, 0.05) is 11.8 Å². The first-order valence-corrected chi connectivity index (χ1v) is 8.99. The molecule has 1 amide bonds. The fourth-order valence-electron chi connectivity index (χ4n) is 2.29. The Morgan fingerprint density at radius 2 is 1.81 bits per heavy atom. The van der Waals surface area contributed by atoms with Gasteiger partial charge in [0.15, 0.2) is 5.13 Å². The Morgan fingerprint density at radius 1 is 1.12 bits per heavy atom. The van der Waals surface area contributed by atoms with Crippen molar-refractivity contribution in [1.82, 2.24) is 15.0 Å². The Kier molecular flexibility index (Phi) is 4.99. The minimum atomic E-state index is -0.557. The maximum absolute atomic E-state index is 11.9. The highest BCUT2D eigenvalue weighted by molar-refractivity contribution is 7.19. The molecule has 134 valence electrons. The molecule has 0 unspecified atom stereocenters. The number of amides is 1. The summed E-state index contributed by atoms with van der Waals surface area (Å²) in [6.07, 6.45) is 1.16. The molecule has 26 heavy (non-hydrogen) atoms. The zero-order valence-corrected chi connectivity index (χ0v) is 15.9. The number of rotatable bonds is 3. The predicted molar refractivity (Wildman–Crippen MR) is 103 cm³/mol. The summed E-state index contributed by atoms with van der Waals surface area (Å²) in [7, 11) is 0. The molecule has 0 fully saturated rings. The number of benzene rings is 1. The lowest BCUT2D eigenvalue weighted by Gasteiger charge is -2.18. The summed E-state index contributed by atoms with van der Waals surface area (Å²) >= 11 is 1.34. The summed E-state index contributed by atoms with van der Waals surface area (Å²) < 4.78 is 5.24. The van der Waals surface area contributed by atoms with E-state index in [1.54, 1.807) is 6.20 Å². The molecule has 3 aromatic rings. The lowest BCUT2D eigenvalue weighted by molar-refractivity contribution is 0.0636. The molecule has 0 bridgehead atoms. The van der Waals surface area contributed by atoms with Gasteiger partial charge >= 0.3 is 6.09 Å². The molecule has 7 heteroatoms. The van der Waals surface area contributed by atoms with Crippen molar-refractivity contribution < 1.29 is 9.53 Å². The van der Waals surface area contributed by atoms with Crippen LogP contribution < -0.4 is 5.32 Å². The van der Waals surface area contributed by atoms with Crippen LogP contribution >= 0.6 is 11.3 Å². The van der Waals surface area contributed by atoms with Crippen molar-refractivity contribution in [2.75, 3.05) is 5.32 Å². The maximum atomic E-state index is 11.9. The highest BCUT2D eigenvalue weighted by Gasteiger charge is 2.18. The van der Waals surface area contributed by atoms with Gasteiger partial charge in [0.1, 0.15) is 11.4 Å². The highest BCUT2D eigenvalue weighted by Crippen LogP contribution is 2.30. The van der Waals surface area contributed by atoms with Gasteiger partial charge in [-0.25, -0.2) is 19.7 Å². The molecule has 0 aliphatic carbocycles. The summed E-state index contributed by atoms with van der Waals surface area (Å²) in [6.45, 7) is 7.30. The number of nitrogens with zero attached hydrogens (tertiary/aromatic N) is 3. The monoisotopic (exact) mass is 368 g/mol. The maximum Gasteiger partial charge on any atom is 0.413 e. The largest absolute Gasteiger partial charge is 0.444 e. The van der Waals surface area contributed by atoms with Crippen LogP contribution in [0.2, 0.25) is 0 Å². The first-order valence-electron chi connectivity index (χ1n) is 8.17. The zero-order chi connectivity index (χ0) is 18.7. The van der Waals surface area contributed by atoms with Gasteiger partial charge in [0.2, 0.25) is 0 Å². The van der Waals surface area contributed by atoms with Crippen LogP contribution in [-0.2, 0) is 4.74 Å². The average molecular weight is 368 g/mol. The molecule has 0 atom stereocenters. The van der Waals surface area contributed by atoms with Gasteiger partial charge in [-0.3, -0.25) is 5.32 Å². The lowest BCUT2D eigenvalue weighted by atomic mass is 10.1. The van der Waals surface area contributed by atoms with Crippen LogP contribution in [0.5, 0.6) is 0 Å². The lowest BCUT2D eigenvalue weighted by Crippen LogP contribution is -2.27. The molecule has 0 aliphatic heterocycles. The minimum absolute atomic E-state index is 0.465. The van der Waals surface area contributed by atoms with Gasteiger partial charge in [0.25, 0.3) is 0 Å². The number of hydrogen-bond acceptors (Lipinski definition) is 6. The van der Waals surface area contributed by atoms with Crippen molar-refractivity contribution in [3.8, 4) is 21.8 Å². The van der Waals surface area contributed by atoms with Gasteiger partial charge in [-0.15, -0.1) is 0 Å². The fraction of sp³-hybridized carbons (Fsp3) is 0.263. The summed E-state index contributed by atoms with van der Waals surface area (Å²) in [5.41, 5.74) is 2.09. The van der Waals surface area contributed by atoms with E-state index in [1.165, 1.54) is 11.3 Å².